The van der Waals surface area contributed by atoms with Gasteiger partial charge in [-0.3, -0.25) is 0 Å². The molecule has 0 fully saturated rings. The monoisotopic (exact) mass is 257 g/mol. The van der Waals surface area contributed by atoms with Gasteiger partial charge < -0.3 is 4.74 Å². The molecule has 0 unspecified atom stereocenters. The fourth-order valence-electron chi connectivity index (χ4n) is 1.77. The number of hydrogen-bond acceptors (Lipinski definition) is 3. The Labute approximate surface area is 103 Å². The standard InChI is InChI=1S/C12H19NO3S/c1-9-7-10(2)12(11(3)8-9)16-6-5-13-17(4,14)15/h7-8,13H,5-6H2,1-4H3. The molecule has 1 aromatic rings. The minimum absolute atomic E-state index is 0.283. The van der Waals surface area contributed by atoms with Crippen LogP contribution < -0.4 is 9.46 Å². The van der Waals surface area contributed by atoms with Crippen molar-refractivity contribution in [2.24, 2.45) is 0 Å². The van der Waals surface area contributed by atoms with Gasteiger partial charge in [0.1, 0.15) is 12.4 Å². The Kier molecular flexibility index (Phi) is 4.54. The van der Waals surface area contributed by atoms with Crippen molar-refractivity contribution in [2.45, 2.75) is 20.8 Å². The lowest BCUT2D eigenvalue weighted by Gasteiger charge is -2.13. The molecule has 0 aliphatic carbocycles. The molecule has 17 heavy (non-hydrogen) atoms. The van der Waals surface area contributed by atoms with E-state index in [0.29, 0.717) is 6.61 Å². The van der Waals surface area contributed by atoms with Crippen LogP contribution in [0.25, 0.3) is 0 Å². The van der Waals surface area contributed by atoms with Gasteiger partial charge >= 0.3 is 0 Å². The third kappa shape index (κ3) is 4.75. The first-order valence-electron chi connectivity index (χ1n) is 5.45. The number of aryl methyl sites for hydroxylation is 3. The van der Waals surface area contributed by atoms with Crippen molar-refractivity contribution in [3.63, 3.8) is 0 Å². The van der Waals surface area contributed by atoms with Crippen molar-refractivity contribution in [2.75, 3.05) is 19.4 Å². The Bertz CT molecular complexity index is 471. The molecule has 0 aliphatic heterocycles. The van der Waals surface area contributed by atoms with Crippen LogP contribution in [0.1, 0.15) is 16.7 Å². The van der Waals surface area contributed by atoms with Crippen molar-refractivity contribution >= 4 is 10.0 Å². The summed E-state index contributed by atoms with van der Waals surface area (Å²) in [6, 6.07) is 4.10. The molecule has 0 radical (unpaired) electrons. The zero-order valence-electron chi connectivity index (χ0n) is 10.7. The molecule has 1 aromatic carbocycles. The Hall–Kier alpha value is -1.07. The summed E-state index contributed by atoms with van der Waals surface area (Å²) in [6.45, 7) is 6.62. The molecule has 5 heteroatoms. The molecule has 0 aromatic heterocycles. The van der Waals surface area contributed by atoms with Crippen LogP contribution >= 0.6 is 0 Å². The number of ether oxygens (including phenoxy) is 1. The van der Waals surface area contributed by atoms with Crippen molar-refractivity contribution in [3.05, 3.63) is 28.8 Å². The minimum atomic E-state index is -3.14. The van der Waals surface area contributed by atoms with E-state index in [9.17, 15) is 8.42 Å². The first kappa shape index (κ1) is 14.0. The second-order valence-electron chi connectivity index (χ2n) is 4.24. The first-order valence-corrected chi connectivity index (χ1v) is 7.34. The number of benzene rings is 1. The van der Waals surface area contributed by atoms with E-state index in [4.69, 9.17) is 4.74 Å². The van der Waals surface area contributed by atoms with Gasteiger partial charge in [0.25, 0.3) is 0 Å². The minimum Gasteiger partial charge on any atom is -0.492 e. The average Bonchev–Trinajstić information content (AvgIpc) is 2.13. The summed E-state index contributed by atoms with van der Waals surface area (Å²) in [5, 5.41) is 0. The maximum absolute atomic E-state index is 10.9. The molecule has 0 bridgehead atoms. The SMILES string of the molecule is Cc1cc(C)c(OCCNS(C)(=O)=O)c(C)c1. The quantitative estimate of drug-likeness (QED) is 0.814. The fraction of sp³-hybridized carbons (Fsp3) is 0.500. The lowest BCUT2D eigenvalue weighted by molar-refractivity contribution is 0.318. The number of sulfonamides is 1. The van der Waals surface area contributed by atoms with E-state index in [1.165, 1.54) is 5.56 Å². The van der Waals surface area contributed by atoms with Gasteiger partial charge in [0.2, 0.25) is 10.0 Å². The van der Waals surface area contributed by atoms with Crippen LogP contribution in [-0.2, 0) is 10.0 Å². The summed E-state index contributed by atoms with van der Waals surface area (Å²) in [6.07, 6.45) is 1.13. The Balaban J connectivity index is 2.58. The smallest absolute Gasteiger partial charge is 0.208 e. The maximum atomic E-state index is 10.9. The number of hydrogen-bond donors (Lipinski definition) is 1. The molecule has 0 amide bonds. The van der Waals surface area contributed by atoms with E-state index >= 15 is 0 Å². The Morgan fingerprint density at radius 2 is 1.71 bits per heavy atom. The van der Waals surface area contributed by atoms with Gasteiger partial charge in [0.05, 0.1) is 6.26 Å². The van der Waals surface area contributed by atoms with E-state index in [2.05, 4.69) is 4.72 Å². The predicted octanol–water partition coefficient (Wildman–Crippen LogP) is 1.54. The summed E-state index contributed by atoms with van der Waals surface area (Å²) in [4.78, 5) is 0. The highest BCUT2D eigenvalue weighted by Gasteiger charge is 2.05. The fourth-order valence-corrected chi connectivity index (χ4v) is 2.23. The van der Waals surface area contributed by atoms with Gasteiger partial charge in [-0.15, -0.1) is 0 Å². The molecule has 96 valence electrons. The van der Waals surface area contributed by atoms with Crippen molar-refractivity contribution in [3.8, 4) is 5.75 Å². The summed E-state index contributed by atoms with van der Waals surface area (Å²) in [5.74, 6) is 0.839. The molecule has 0 spiro atoms. The van der Waals surface area contributed by atoms with Crippen LogP contribution in [0.15, 0.2) is 12.1 Å². The lowest BCUT2D eigenvalue weighted by atomic mass is 10.1. The van der Waals surface area contributed by atoms with E-state index in [-0.39, 0.29) is 6.54 Å². The van der Waals surface area contributed by atoms with Crippen molar-refractivity contribution < 1.29 is 13.2 Å². The van der Waals surface area contributed by atoms with Crippen LogP contribution in [0.3, 0.4) is 0 Å². The third-order valence-electron chi connectivity index (χ3n) is 2.32. The van der Waals surface area contributed by atoms with E-state index < -0.39 is 10.0 Å². The third-order valence-corrected chi connectivity index (χ3v) is 3.05. The molecular formula is C12H19NO3S. The summed E-state index contributed by atoms with van der Waals surface area (Å²) < 4.78 is 29.7. The van der Waals surface area contributed by atoms with Crippen LogP contribution in [-0.4, -0.2) is 27.8 Å². The first-order chi connectivity index (χ1) is 7.79. The van der Waals surface area contributed by atoms with E-state index in [0.717, 1.165) is 23.1 Å². The normalized spacial score (nSPS) is 11.5. The molecule has 0 aliphatic rings. The second-order valence-corrected chi connectivity index (χ2v) is 6.08. The van der Waals surface area contributed by atoms with Crippen LogP contribution in [0.4, 0.5) is 0 Å². The molecule has 0 saturated heterocycles. The van der Waals surface area contributed by atoms with Gasteiger partial charge in [-0.1, -0.05) is 17.7 Å². The van der Waals surface area contributed by atoms with Crippen molar-refractivity contribution in [1.82, 2.24) is 4.72 Å². The Morgan fingerprint density at radius 1 is 1.18 bits per heavy atom. The maximum Gasteiger partial charge on any atom is 0.208 e. The van der Waals surface area contributed by atoms with Gasteiger partial charge in [0.15, 0.2) is 0 Å². The topological polar surface area (TPSA) is 55.4 Å². The molecule has 1 N–H and O–H groups in total. The van der Waals surface area contributed by atoms with E-state index in [1.54, 1.807) is 0 Å². The van der Waals surface area contributed by atoms with Gasteiger partial charge in [-0.25, -0.2) is 13.1 Å². The average molecular weight is 257 g/mol. The molecular weight excluding hydrogens is 238 g/mol. The highest BCUT2D eigenvalue weighted by molar-refractivity contribution is 7.88. The molecule has 1 rings (SSSR count). The highest BCUT2D eigenvalue weighted by Crippen LogP contribution is 2.24. The largest absolute Gasteiger partial charge is 0.492 e. The lowest BCUT2D eigenvalue weighted by Crippen LogP contribution is -2.27. The zero-order valence-corrected chi connectivity index (χ0v) is 11.5. The highest BCUT2D eigenvalue weighted by atomic mass is 32.2. The summed E-state index contributed by atoms with van der Waals surface area (Å²) in [7, 11) is -3.14. The van der Waals surface area contributed by atoms with Crippen LogP contribution in [0.5, 0.6) is 5.75 Å². The van der Waals surface area contributed by atoms with Crippen molar-refractivity contribution in [1.29, 1.82) is 0 Å². The van der Waals surface area contributed by atoms with Gasteiger partial charge in [-0.05, 0) is 31.9 Å². The summed E-state index contributed by atoms with van der Waals surface area (Å²) >= 11 is 0. The van der Waals surface area contributed by atoms with Crippen LogP contribution in [0.2, 0.25) is 0 Å². The molecule has 4 nitrogen and oxygen atoms in total. The van der Waals surface area contributed by atoms with Crippen LogP contribution in [0, 0.1) is 20.8 Å². The molecule has 0 atom stereocenters. The number of nitrogens with one attached hydrogen (secondary N) is 1. The molecule has 0 heterocycles. The second kappa shape index (κ2) is 5.51. The van der Waals surface area contributed by atoms with Gasteiger partial charge in [-0.2, -0.15) is 0 Å². The van der Waals surface area contributed by atoms with E-state index in [1.807, 2.05) is 32.9 Å². The number of rotatable bonds is 5. The molecule has 0 saturated carbocycles. The predicted molar refractivity (Wildman–Crippen MR) is 69.0 cm³/mol. The summed E-state index contributed by atoms with van der Waals surface area (Å²) in [5.41, 5.74) is 3.34. The van der Waals surface area contributed by atoms with Gasteiger partial charge in [0, 0.05) is 6.54 Å². The Morgan fingerprint density at radius 3 is 2.18 bits per heavy atom. The zero-order chi connectivity index (χ0) is 13.1.